The molecule has 0 radical (unpaired) electrons. The van der Waals surface area contributed by atoms with Gasteiger partial charge in [0.1, 0.15) is 6.10 Å². The third-order valence-corrected chi connectivity index (χ3v) is 4.18. The van der Waals surface area contributed by atoms with Crippen LogP contribution in [0.25, 0.3) is 0 Å². The van der Waals surface area contributed by atoms with Gasteiger partial charge in [0.2, 0.25) is 0 Å². The van der Waals surface area contributed by atoms with Gasteiger partial charge in [0.15, 0.2) is 0 Å². The Balaban J connectivity index is 1.78. The second-order valence-electron chi connectivity index (χ2n) is 5.61. The number of nitrogens with two attached hydrogens (primary N) is 1. The molecule has 1 heterocycles. The van der Waals surface area contributed by atoms with Gasteiger partial charge in [-0.15, -0.1) is 0 Å². The first-order valence-corrected chi connectivity index (χ1v) is 7.23. The fraction of sp³-hybridized carbons (Fsp3) is 0.714. The fourth-order valence-electron chi connectivity index (χ4n) is 2.87. The summed E-state index contributed by atoms with van der Waals surface area (Å²) in [5.41, 5.74) is 5.70. The summed E-state index contributed by atoms with van der Waals surface area (Å²) < 4.78 is 7.64. The van der Waals surface area contributed by atoms with Gasteiger partial charge in [-0.3, -0.25) is 4.79 Å². The average molecular weight is 263 g/mol. The van der Waals surface area contributed by atoms with Gasteiger partial charge in [0.25, 0.3) is 5.88 Å². The van der Waals surface area contributed by atoms with Gasteiger partial charge < -0.3 is 15.0 Å². The summed E-state index contributed by atoms with van der Waals surface area (Å²) in [6, 6.07) is 0.356. The number of hydrogen-bond donors (Lipinski definition) is 1. The van der Waals surface area contributed by atoms with Crippen molar-refractivity contribution in [3.63, 3.8) is 0 Å². The van der Waals surface area contributed by atoms with Crippen molar-refractivity contribution in [3.8, 4) is 5.88 Å². The lowest BCUT2D eigenvalue weighted by atomic mass is 9.86. The summed E-state index contributed by atoms with van der Waals surface area (Å²) in [5, 5.41) is 0. The molecule has 0 aliphatic heterocycles. The van der Waals surface area contributed by atoms with Crippen molar-refractivity contribution in [3.05, 3.63) is 22.7 Å². The standard InChI is InChI=1S/C14H21N3O2/c15-9-10-3-1-2-4-12(10)19-13-14(18)17(8-7-16-13)11-5-6-11/h7-8,10-12H,1-6,9,15H2. The lowest BCUT2D eigenvalue weighted by Gasteiger charge is -2.30. The smallest absolute Gasteiger partial charge is 0.313 e. The molecule has 5 nitrogen and oxygen atoms in total. The van der Waals surface area contributed by atoms with Crippen molar-refractivity contribution in [2.75, 3.05) is 6.54 Å². The lowest BCUT2D eigenvalue weighted by molar-refractivity contribution is 0.0898. The van der Waals surface area contributed by atoms with Crippen LogP contribution in [0.2, 0.25) is 0 Å². The molecule has 0 bridgehead atoms. The van der Waals surface area contributed by atoms with E-state index in [2.05, 4.69) is 4.98 Å². The van der Waals surface area contributed by atoms with Crippen molar-refractivity contribution in [1.29, 1.82) is 0 Å². The van der Waals surface area contributed by atoms with E-state index in [4.69, 9.17) is 10.5 Å². The molecule has 2 unspecified atom stereocenters. The van der Waals surface area contributed by atoms with Crippen LogP contribution in [0.5, 0.6) is 5.88 Å². The maximum atomic E-state index is 12.3. The predicted molar refractivity (Wildman–Crippen MR) is 72.2 cm³/mol. The molecule has 2 aliphatic rings. The van der Waals surface area contributed by atoms with E-state index in [1.165, 1.54) is 6.42 Å². The van der Waals surface area contributed by atoms with Gasteiger partial charge >= 0.3 is 5.56 Å². The van der Waals surface area contributed by atoms with Crippen LogP contribution in [-0.2, 0) is 0 Å². The minimum Gasteiger partial charge on any atom is -0.470 e. The molecule has 3 rings (SSSR count). The van der Waals surface area contributed by atoms with E-state index in [1.54, 1.807) is 17.0 Å². The molecule has 0 spiro atoms. The Morgan fingerprint density at radius 1 is 1.32 bits per heavy atom. The van der Waals surface area contributed by atoms with Crippen LogP contribution in [0.1, 0.15) is 44.6 Å². The maximum Gasteiger partial charge on any atom is 0.313 e. The summed E-state index contributed by atoms with van der Waals surface area (Å²) in [4.78, 5) is 16.4. The highest BCUT2D eigenvalue weighted by atomic mass is 16.5. The Bertz CT molecular complexity index is 496. The largest absolute Gasteiger partial charge is 0.470 e. The molecule has 1 aromatic heterocycles. The molecule has 2 aliphatic carbocycles. The van der Waals surface area contributed by atoms with Crippen molar-refractivity contribution in [1.82, 2.24) is 9.55 Å². The highest BCUT2D eigenvalue weighted by Gasteiger charge is 2.29. The third-order valence-electron chi connectivity index (χ3n) is 4.18. The quantitative estimate of drug-likeness (QED) is 0.893. The Morgan fingerprint density at radius 3 is 2.84 bits per heavy atom. The van der Waals surface area contributed by atoms with Gasteiger partial charge in [-0.1, -0.05) is 6.42 Å². The van der Waals surface area contributed by atoms with Crippen molar-refractivity contribution in [2.45, 2.75) is 50.7 Å². The molecule has 19 heavy (non-hydrogen) atoms. The second-order valence-corrected chi connectivity index (χ2v) is 5.61. The normalized spacial score (nSPS) is 27.2. The zero-order valence-electron chi connectivity index (χ0n) is 11.1. The van der Waals surface area contributed by atoms with E-state index in [9.17, 15) is 4.79 Å². The molecule has 2 saturated carbocycles. The first-order chi connectivity index (χ1) is 9.29. The van der Waals surface area contributed by atoms with Crippen LogP contribution >= 0.6 is 0 Å². The number of aromatic nitrogens is 2. The minimum absolute atomic E-state index is 0.0500. The van der Waals surface area contributed by atoms with Crippen molar-refractivity contribution >= 4 is 0 Å². The Morgan fingerprint density at radius 2 is 2.11 bits per heavy atom. The highest BCUT2D eigenvalue weighted by Crippen LogP contribution is 2.33. The number of hydrogen-bond acceptors (Lipinski definition) is 4. The Labute approximate surface area is 112 Å². The molecule has 0 saturated heterocycles. The van der Waals surface area contributed by atoms with E-state index in [0.717, 1.165) is 32.1 Å². The zero-order chi connectivity index (χ0) is 13.2. The molecular formula is C14H21N3O2. The van der Waals surface area contributed by atoms with Crippen LogP contribution in [-0.4, -0.2) is 22.2 Å². The van der Waals surface area contributed by atoms with E-state index >= 15 is 0 Å². The van der Waals surface area contributed by atoms with Crippen molar-refractivity contribution in [2.24, 2.45) is 11.7 Å². The van der Waals surface area contributed by atoms with Gasteiger partial charge in [-0.05, 0) is 38.6 Å². The van der Waals surface area contributed by atoms with Crippen LogP contribution < -0.4 is 16.0 Å². The van der Waals surface area contributed by atoms with Gasteiger partial charge in [0.05, 0.1) is 0 Å². The number of ether oxygens (including phenoxy) is 1. The first-order valence-electron chi connectivity index (χ1n) is 7.23. The molecular weight excluding hydrogens is 242 g/mol. The topological polar surface area (TPSA) is 70.1 Å². The molecule has 2 fully saturated rings. The fourth-order valence-corrected chi connectivity index (χ4v) is 2.87. The summed E-state index contributed by atoms with van der Waals surface area (Å²) in [7, 11) is 0. The summed E-state index contributed by atoms with van der Waals surface area (Å²) in [6.07, 6.45) is 10.0. The van der Waals surface area contributed by atoms with Crippen LogP contribution in [0, 0.1) is 5.92 Å². The molecule has 5 heteroatoms. The number of rotatable bonds is 4. The van der Waals surface area contributed by atoms with Gasteiger partial charge in [0, 0.05) is 24.4 Å². The molecule has 1 aromatic rings. The zero-order valence-corrected chi connectivity index (χ0v) is 11.1. The van der Waals surface area contributed by atoms with Gasteiger partial charge in [-0.2, -0.15) is 0 Å². The Hall–Kier alpha value is -1.36. The Kier molecular flexibility index (Phi) is 3.55. The molecule has 2 N–H and O–H groups in total. The predicted octanol–water partition coefficient (Wildman–Crippen LogP) is 1.47. The summed E-state index contributed by atoms with van der Waals surface area (Å²) >= 11 is 0. The highest BCUT2D eigenvalue weighted by molar-refractivity contribution is 5.08. The van der Waals surface area contributed by atoms with E-state index in [-0.39, 0.29) is 17.5 Å². The van der Waals surface area contributed by atoms with Crippen LogP contribution in [0.4, 0.5) is 0 Å². The van der Waals surface area contributed by atoms with Crippen molar-refractivity contribution < 1.29 is 4.74 Å². The van der Waals surface area contributed by atoms with E-state index in [1.807, 2.05) is 0 Å². The molecule has 2 atom stereocenters. The molecule has 0 amide bonds. The van der Waals surface area contributed by atoms with Crippen LogP contribution in [0.3, 0.4) is 0 Å². The molecule has 0 aromatic carbocycles. The van der Waals surface area contributed by atoms with E-state index < -0.39 is 0 Å². The first kappa shape index (κ1) is 12.7. The SMILES string of the molecule is NCC1CCCCC1Oc1nccn(C2CC2)c1=O. The summed E-state index contributed by atoms with van der Waals surface area (Å²) in [6.45, 7) is 0.619. The minimum atomic E-state index is -0.0913. The van der Waals surface area contributed by atoms with E-state index in [0.29, 0.717) is 18.5 Å². The maximum absolute atomic E-state index is 12.3. The third kappa shape index (κ3) is 2.66. The second kappa shape index (κ2) is 5.33. The average Bonchev–Trinajstić information content (AvgIpc) is 3.26. The monoisotopic (exact) mass is 263 g/mol. The lowest BCUT2D eigenvalue weighted by Crippen LogP contribution is -2.37. The number of nitrogens with zero attached hydrogens (tertiary/aromatic N) is 2. The van der Waals surface area contributed by atoms with Gasteiger partial charge in [-0.25, -0.2) is 4.98 Å². The molecule has 104 valence electrons. The van der Waals surface area contributed by atoms with Crippen LogP contribution in [0.15, 0.2) is 17.2 Å². The summed E-state index contributed by atoms with van der Waals surface area (Å²) in [5.74, 6) is 0.601.